The molecule has 3 aromatic rings. The topological polar surface area (TPSA) is 98.0 Å². The molecule has 0 radical (unpaired) electrons. The molecule has 152 valence electrons. The molecule has 1 aromatic heterocycles. The van der Waals surface area contributed by atoms with E-state index in [1.165, 1.54) is 30.5 Å². The number of phenolic OH excluding ortho intramolecular Hbond substituents is 1. The first-order valence-electron chi connectivity index (χ1n) is 8.20. The number of fused-ring (bicyclic) bond motifs is 1. The highest BCUT2D eigenvalue weighted by molar-refractivity contribution is 5.93. The van der Waals surface area contributed by atoms with E-state index in [2.05, 4.69) is 10.1 Å². The Morgan fingerprint density at radius 3 is 2.52 bits per heavy atom. The maximum Gasteiger partial charge on any atom is 0.573 e. The number of furan rings is 1. The van der Waals surface area contributed by atoms with Crippen molar-refractivity contribution >= 4 is 28.5 Å². The number of anilines is 1. The Morgan fingerprint density at radius 1 is 1.10 bits per heavy atom. The Kier molecular flexibility index (Phi) is 5.62. The quantitative estimate of drug-likeness (QED) is 0.602. The maximum atomic E-state index is 12.1. The fourth-order valence-electron chi connectivity index (χ4n) is 2.50. The average molecular weight is 409 g/mol. The normalized spacial score (nSPS) is 11.3. The summed E-state index contributed by atoms with van der Waals surface area (Å²) < 4.78 is 50.2. The summed E-state index contributed by atoms with van der Waals surface area (Å²) in [5, 5.41) is 12.4. The van der Waals surface area contributed by atoms with Gasteiger partial charge in [0.05, 0.1) is 12.7 Å². The van der Waals surface area contributed by atoms with E-state index in [1.807, 2.05) is 0 Å². The van der Waals surface area contributed by atoms with Gasteiger partial charge in [-0.2, -0.15) is 0 Å². The number of nitrogens with one attached hydrogen (secondary N) is 1. The molecule has 0 aliphatic rings. The molecule has 0 bridgehead atoms. The zero-order valence-corrected chi connectivity index (χ0v) is 14.7. The van der Waals surface area contributed by atoms with Crippen LogP contribution in [0.4, 0.5) is 18.9 Å². The summed E-state index contributed by atoms with van der Waals surface area (Å²) in [6.45, 7) is -0.573. The number of amides is 1. The van der Waals surface area contributed by atoms with Gasteiger partial charge in [-0.25, -0.2) is 0 Å². The fourth-order valence-corrected chi connectivity index (χ4v) is 2.50. The molecule has 0 saturated carbocycles. The van der Waals surface area contributed by atoms with Crippen LogP contribution in [0.5, 0.6) is 11.5 Å². The van der Waals surface area contributed by atoms with E-state index in [0.29, 0.717) is 16.5 Å². The van der Waals surface area contributed by atoms with Crippen molar-refractivity contribution in [2.24, 2.45) is 0 Å². The second-order valence-corrected chi connectivity index (χ2v) is 5.90. The van der Waals surface area contributed by atoms with Crippen molar-refractivity contribution < 1.29 is 41.8 Å². The Morgan fingerprint density at radius 2 is 1.83 bits per heavy atom. The third-order valence-corrected chi connectivity index (χ3v) is 3.71. The second kappa shape index (κ2) is 8.13. The number of hydrogen-bond donors (Lipinski definition) is 2. The monoisotopic (exact) mass is 409 g/mol. The second-order valence-electron chi connectivity index (χ2n) is 5.90. The molecule has 0 aliphatic carbocycles. The van der Waals surface area contributed by atoms with Crippen LogP contribution in [0.25, 0.3) is 11.0 Å². The minimum Gasteiger partial charge on any atom is -0.508 e. The molecule has 0 atom stereocenters. The summed E-state index contributed by atoms with van der Waals surface area (Å²) in [4.78, 5) is 23.8. The first-order chi connectivity index (χ1) is 13.7. The van der Waals surface area contributed by atoms with Crippen LogP contribution < -0.4 is 10.1 Å². The van der Waals surface area contributed by atoms with Gasteiger partial charge in [-0.05, 0) is 36.4 Å². The lowest BCUT2D eigenvalue weighted by atomic mass is 10.1. The number of hydrogen-bond acceptors (Lipinski definition) is 6. The maximum absolute atomic E-state index is 12.1. The van der Waals surface area contributed by atoms with E-state index in [4.69, 9.17) is 9.15 Å². The predicted octanol–water partition coefficient (Wildman–Crippen LogP) is 3.76. The summed E-state index contributed by atoms with van der Waals surface area (Å²) in [6, 6.07) is 8.96. The smallest absolute Gasteiger partial charge is 0.508 e. The third-order valence-electron chi connectivity index (χ3n) is 3.71. The van der Waals surface area contributed by atoms with Crippen molar-refractivity contribution in [3.63, 3.8) is 0 Å². The molecule has 2 aromatic carbocycles. The van der Waals surface area contributed by atoms with Gasteiger partial charge >= 0.3 is 12.3 Å². The van der Waals surface area contributed by atoms with E-state index in [0.717, 1.165) is 12.1 Å². The van der Waals surface area contributed by atoms with Gasteiger partial charge in [0.25, 0.3) is 5.91 Å². The molecule has 1 amide bonds. The van der Waals surface area contributed by atoms with Gasteiger partial charge in [-0.1, -0.05) is 0 Å². The minimum absolute atomic E-state index is 0.0237. The Labute approximate surface area is 161 Å². The first-order valence-corrected chi connectivity index (χ1v) is 8.20. The molecule has 0 saturated heterocycles. The number of benzene rings is 2. The van der Waals surface area contributed by atoms with Crippen molar-refractivity contribution in [1.29, 1.82) is 0 Å². The molecule has 0 fully saturated rings. The lowest BCUT2D eigenvalue weighted by molar-refractivity contribution is -0.274. The molecule has 0 spiro atoms. The van der Waals surface area contributed by atoms with Gasteiger partial charge in [-0.3, -0.25) is 9.59 Å². The Bertz CT molecular complexity index is 1030. The number of esters is 1. The van der Waals surface area contributed by atoms with Gasteiger partial charge in [0.2, 0.25) is 0 Å². The zero-order valence-electron chi connectivity index (χ0n) is 14.7. The van der Waals surface area contributed by atoms with Crippen LogP contribution in [0, 0.1) is 0 Å². The third kappa shape index (κ3) is 5.64. The molecular formula is C19H14F3NO6. The minimum atomic E-state index is -4.81. The van der Waals surface area contributed by atoms with Crippen LogP contribution in [0.3, 0.4) is 0 Å². The van der Waals surface area contributed by atoms with Crippen LogP contribution in [0.15, 0.2) is 53.1 Å². The van der Waals surface area contributed by atoms with E-state index in [1.54, 1.807) is 6.07 Å². The van der Waals surface area contributed by atoms with Crippen molar-refractivity contribution in [3.05, 3.63) is 54.3 Å². The van der Waals surface area contributed by atoms with E-state index in [9.17, 15) is 27.9 Å². The summed E-state index contributed by atoms with van der Waals surface area (Å²) in [6.07, 6.45) is -3.59. The van der Waals surface area contributed by atoms with Crippen molar-refractivity contribution in [3.8, 4) is 11.5 Å². The van der Waals surface area contributed by atoms with Gasteiger partial charge < -0.3 is 24.3 Å². The standard InChI is InChI=1S/C19H14F3NO6/c20-19(21,22)29-14-4-1-12(2-5-14)23-17(25)10-28-18(26)7-11-9-27-16-8-13(24)3-6-15(11)16/h1-6,8-9,24H,7,10H2,(H,23,25). The first kappa shape index (κ1) is 20.1. The zero-order chi connectivity index (χ0) is 21.0. The van der Waals surface area contributed by atoms with Gasteiger partial charge in [-0.15, -0.1) is 13.2 Å². The molecule has 0 unspecified atom stereocenters. The fraction of sp³-hybridized carbons (Fsp3) is 0.158. The highest BCUT2D eigenvalue weighted by Gasteiger charge is 2.30. The molecule has 10 heteroatoms. The number of aromatic hydroxyl groups is 1. The van der Waals surface area contributed by atoms with Crippen molar-refractivity contribution in [2.75, 3.05) is 11.9 Å². The molecular weight excluding hydrogens is 395 g/mol. The molecule has 29 heavy (non-hydrogen) atoms. The highest BCUT2D eigenvalue weighted by Crippen LogP contribution is 2.26. The summed E-state index contributed by atoms with van der Waals surface area (Å²) in [5.74, 6) is -1.74. The molecule has 7 nitrogen and oxygen atoms in total. The Hall–Kier alpha value is -3.69. The molecule has 2 N–H and O–H groups in total. The average Bonchev–Trinajstić information content (AvgIpc) is 3.02. The lowest BCUT2D eigenvalue weighted by Gasteiger charge is -2.10. The molecule has 1 heterocycles. The van der Waals surface area contributed by atoms with E-state index < -0.39 is 30.6 Å². The largest absolute Gasteiger partial charge is 0.573 e. The number of carbonyl (C=O) groups is 2. The number of carbonyl (C=O) groups excluding carboxylic acids is 2. The van der Waals surface area contributed by atoms with Crippen LogP contribution in [-0.2, 0) is 20.7 Å². The Balaban J connectivity index is 1.49. The van der Waals surface area contributed by atoms with Gasteiger partial charge in [0.15, 0.2) is 6.61 Å². The van der Waals surface area contributed by atoms with Gasteiger partial charge in [0, 0.05) is 22.7 Å². The van der Waals surface area contributed by atoms with Gasteiger partial charge in [0.1, 0.15) is 17.1 Å². The van der Waals surface area contributed by atoms with Crippen LogP contribution in [0.1, 0.15) is 5.56 Å². The van der Waals surface area contributed by atoms with E-state index >= 15 is 0 Å². The van der Waals surface area contributed by atoms with Crippen LogP contribution in [0.2, 0.25) is 0 Å². The number of phenols is 1. The highest BCUT2D eigenvalue weighted by atomic mass is 19.4. The number of halogens is 3. The predicted molar refractivity (Wildman–Crippen MR) is 94.3 cm³/mol. The SMILES string of the molecule is O=C(COC(=O)Cc1coc2cc(O)ccc12)Nc1ccc(OC(F)(F)F)cc1. The van der Waals surface area contributed by atoms with Crippen LogP contribution in [-0.4, -0.2) is 30.0 Å². The van der Waals surface area contributed by atoms with Crippen molar-refractivity contribution in [1.82, 2.24) is 0 Å². The molecule has 3 rings (SSSR count). The summed E-state index contributed by atoms with van der Waals surface area (Å²) in [7, 11) is 0. The summed E-state index contributed by atoms with van der Waals surface area (Å²) in [5.41, 5.74) is 1.15. The van der Waals surface area contributed by atoms with E-state index in [-0.39, 0.29) is 17.9 Å². The molecule has 0 aliphatic heterocycles. The summed E-state index contributed by atoms with van der Waals surface area (Å²) >= 11 is 0. The number of alkyl halides is 3. The van der Waals surface area contributed by atoms with Crippen molar-refractivity contribution in [2.45, 2.75) is 12.8 Å². The number of rotatable bonds is 6. The number of ether oxygens (including phenoxy) is 2. The van der Waals surface area contributed by atoms with Crippen LogP contribution >= 0.6 is 0 Å². The lowest BCUT2D eigenvalue weighted by Crippen LogP contribution is -2.21.